The Balaban J connectivity index is 1.94. The molecule has 1 N–H and O–H groups in total. The lowest BCUT2D eigenvalue weighted by Gasteiger charge is -2.37. The van der Waals surface area contributed by atoms with Crippen LogP contribution in [-0.2, 0) is 20.7 Å². The number of thiophene rings is 1. The van der Waals surface area contributed by atoms with Crippen LogP contribution in [0.25, 0.3) is 0 Å². The Morgan fingerprint density at radius 2 is 1.81 bits per heavy atom. The summed E-state index contributed by atoms with van der Waals surface area (Å²) in [6, 6.07) is 4.28. The number of ether oxygens (including phenoxy) is 4. The van der Waals surface area contributed by atoms with E-state index in [9.17, 15) is 14.4 Å². The Labute approximate surface area is 183 Å². The highest BCUT2D eigenvalue weighted by Gasteiger charge is 2.34. The highest BCUT2D eigenvalue weighted by molar-refractivity contribution is 7.12. The van der Waals surface area contributed by atoms with Crippen molar-refractivity contribution in [3.63, 3.8) is 0 Å². The molecule has 166 valence electrons. The summed E-state index contributed by atoms with van der Waals surface area (Å²) in [5, 5.41) is 4.46. The van der Waals surface area contributed by atoms with E-state index in [0.717, 1.165) is 11.1 Å². The quantitative estimate of drug-likeness (QED) is 0.677. The van der Waals surface area contributed by atoms with Gasteiger partial charge in [0.15, 0.2) is 11.5 Å². The lowest BCUT2D eigenvalue weighted by molar-refractivity contribution is -0.141. The fraction of sp³-hybridized carbons (Fsp3) is 0.381. The van der Waals surface area contributed by atoms with Gasteiger partial charge in [0.25, 0.3) is 0 Å². The van der Waals surface area contributed by atoms with E-state index in [0.29, 0.717) is 35.0 Å². The molecule has 0 bridgehead atoms. The Kier molecular flexibility index (Phi) is 7.01. The number of fused-ring (bicyclic) bond motifs is 1. The van der Waals surface area contributed by atoms with Crippen molar-refractivity contribution in [3.8, 4) is 11.5 Å². The summed E-state index contributed by atoms with van der Waals surface area (Å²) in [4.78, 5) is 39.1. The SMILES string of the molecule is COC(=O)C[C@H]1c2cc(OC)c(OC)cc2CCN1C(=O)Nc1ccsc1C(=O)OC. The van der Waals surface area contributed by atoms with Crippen LogP contribution in [0.15, 0.2) is 23.6 Å². The van der Waals surface area contributed by atoms with Crippen molar-refractivity contribution in [2.75, 3.05) is 40.3 Å². The van der Waals surface area contributed by atoms with Gasteiger partial charge in [-0.2, -0.15) is 0 Å². The molecule has 1 aromatic carbocycles. The minimum Gasteiger partial charge on any atom is -0.493 e. The van der Waals surface area contributed by atoms with Crippen LogP contribution in [0.1, 0.15) is 33.3 Å². The smallest absolute Gasteiger partial charge is 0.350 e. The van der Waals surface area contributed by atoms with Crippen LogP contribution in [0.4, 0.5) is 10.5 Å². The molecule has 0 unspecified atom stereocenters. The summed E-state index contributed by atoms with van der Waals surface area (Å²) in [6.07, 6.45) is 0.536. The number of amides is 2. The van der Waals surface area contributed by atoms with Crippen LogP contribution in [-0.4, -0.2) is 57.9 Å². The van der Waals surface area contributed by atoms with Gasteiger partial charge in [0.2, 0.25) is 0 Å². The normalized spacial score (nSPS) is 15.0. The first-order valence-electron chi connectivity index (χ1n) is 9.48. The number of nitrogens with zero attached hydrogens (tertiary/aromatic N) is 1. The number of rotatable bonds is 6. The summed E-state index contributed by atoms with van der Waals surface area (Å²) < 4.78 is 20.4. The first-order valence-corrected chi connectivity index (χ1v) is 10.4. The van der Waals surface area contributed by atoms with E-state index >= 15 is 0 Å². The molecule has 0 saturated heterocycles. The molecule has 2 heterocycles. The van der Waals surface area contributed by atoms with Crippen molar-refractivity contribution in [3.05, 3.63) is 39.6 Å². The summed E-state index contributed by atoms with van der Waals surface area (Å²) in [6.45, 7) is 0.369. The lowest BCUT2D eigenvalue weighted by atomic mass is 9.90. The number of urea groups is 1. The Morgan fingerprint density at radius 1 is 1.10 bits per heavy atom. The molecule has 0 spiro atoms. The number of nitrogens with one attached hydrogen (secondary N) is 1. The molecule has 1 aliphatic heterocycles. The molecule has 1 atom stereocenters. The van der Waals surface area contributed by atoms with E-state index in [1.165, 1.54) is 32.7 Å². The van der Waals surface area contributed by atoms with Gasteiger partial charge in [-0.25, -0.2) is 9.59 Å². The first kappa shape index (κ1) is 22.4. The molecule has 2 amide bonds. The van der Waals surface area contributed by atoms with Crippen molar-refractivity contribution in [1.29, 1.82) is 0 Å². The van der Waals surface area contributed by atoms with Crippen LogP contribution >= 0.6 is 11.3 Å². The molecule has 1 aromatic heterocycles. The molecule has 9 nitrogen and oxygen atoms in total. The molecular weight excluding hydrogens is 424 g/mol. The predicted molar refractivity (Wildman–Crippen MR) is 114 cm³/mol. The van der Waals surface area contributed by atoms with Gasteiger partial charge in [0.1, 0.15) is 4.88 Å². The van der Waals surface area contributed by atoms with Crippen molar-refractivity contribution in [2.45, 2.75) is 18.9 Å². The molecule has 3 rings (SSSR count). The van der Waals surface area contributed by atoms with E-state index in [1.807, 2.05) is 6.07 Å². The number of hydrogen-bond donors (Lipinski definition) is 1. The van der Waals surface area contributed by atoms with Crippen molar-refractivity contribution >= 4 is 35.0 Å². The number of carbonyl (C=O) groups excluding carboxylic acids is 3. The van der Waals surface area contributed by atoms with E-state index in [-0.39, 0.29) is 6.42 Å². The fourth-order valence-electron chi connectivity index (χ4n) is 3.58. The second-order valence-corrected chi connectivity index (χ2v) is 7.65. The molecule has 2 aromatic rings. The van der Waals surface area contributed by atoms with Gasteiger partial charge in [-0.3, -0.25) is 4.79 Å². The minimum atomic E-state index is -0.573. The summed E-state index contributed by atoms with van der Waals surface area (Å²) in [5.41, 5.74) is 2.10. The number of methoxy groups -OCH3 is 4. The van der Waals surface area contributed by atoms with Gasteiger partial charge in [-0.1, -0.05) is 0 Å². The average molecular weight is 448 g/mol. The van der Waals surface area contributed by atoms with Crippen molar-refractivity contribution < 1.29 is 33.3 Å². The molecule has 31 heavy (non-hydrogen) atoms. The molecule has 1 aliphatic rings. The van der Waals surface area contributed by atoms with Crippen LogP contribution in [0.3, 0.4) is 0 Å². The zero-order valence-corrected chi connectivity index (χ0v) is 18.5. The summed E-state index contributed by atoms with van der Waals surface area (Å²) >= 11 is 1.17. The van der Waals surface area contributed by atoms with Crippen LogP contribution in [0, 0.1) is 0 Å². The molecule has 0 radical (unpaired) electrons. The van der Waals surface area contributed by atoms with Gasteiger partial charge in [-0.05, 0) is 41.1 Å². The third kappa shape index (κ3) is 4.58. The van der Waals surface area contributed by atoms with Gasteiger partial charge < -0.3 is 29.2 Å². The second-order valence-electron chi connectivity index (χ2n) is 6.73. The maximum Gasteiger partial charge on any atom is 0.350 e. The van der Waals surface area contributed by atoms with Gasteiger partial charge in [0.05, 0.1) is 46.6 Å². The third-order valence-electron chi connectivity index (χ3n) is 5.13. The topological polar surface area (TPSA) is 103 Å². The highest BCUT2D eigenvalue weighted by atomic mass is 32.1. The largest absolute Gasteiger partial charge is 0.493 e. The zero-order valence-electron chi connectivity index (χ0n) is 17.7. The second kappa shape index (κ2) is 9.69. The first-order chi connectivity index (χ1) is 14.9. The van der Waals surface area contributed by atoms with E-state index in [1.54, 1.807) is 29.5 Å². The van der Waals surface area contributed by atoms with Crippen LogP contribution < -0.4 is 14.8 Å². The number of carbonyl (C=O) groups is 3. The van der Waals surface area contributed by atoms with Crippen LogP contribution in [0.5, 0.6) is 11.5 Å². The minimum absolute atomic E-state index is 0.0279. The van der Waals surface area contributed by atoms with Gasteiger partial charge in [-0.15, -0.1) is 11.3 Å². The van der Waals surface area contributed by atoms with E-state index in [2.05, 4.69) is 5.32 Å². The Hall–Kier alpha value is -3.27. The highest BCUT2D eigenvalue weighted by Crippen LogP contribution is 2.40. The maximum atomic E-state index is 13.2. The third-order valence-corrected chi connectivity index (χ3v) is 6.02. The molecule has 0 aliphatic carbocycles. The van der Waals surface area contributed by atoms with Crippen molar-refractivity contribution in [2.24, 2.45) is 0 Å². The zero-order chi connectivity index (χ0) is 22.5. The van der Waals surface area contributed by atoms with Gasteiger partial charge in [0, 0.05) is 6.54 Å². The molecule has 10 heteroatoms. The number of benzene rings is 1. The molecule has 0 fully saturated rings. The lowest BCUT2D eigenvalue weighted by Crippen LogP contribution is -2.43. The fourth-order valence-corrected chi connectivity index (χ4v) is 4.34. The van der Waals surface area contributed by atoms with E-state index in [4.69, 9.17) is 18.9 Å². The summed E-state index contributed by atoms with van der Waals surface area (Å²) in [5.74, 6) is 0.106. The number of anilines is 1. The average Bonchev–Trinajstić information content (AvgIpc) is 3.25. The monoisotopic (exact) mass is 448 g/mol. The summed E-state index contributed by atoms with van der Waals surface area (Å²) in [7, 11) is 5.67. The van der Waals surface area contributed by atoms with Crippen molar-refractivity contribution in [1.82, 2.24) is 4.90 Å². The Bertz CT molecular complexity index is 988. The number of hydrogen-bond acceptors (Lipinski definition) is 8. The Morgan fingerprint density at radius 3 is 2.45 bits per heavy atom. The standard InChI is InChI=1S/C21H24N2O7S/c1-27-16-9-12-5-7-23(15(11-18(24)29-3)13(12)10-17(16)28-2)21(26)22-14-6-8-31-19(14)20(25)30-4/h6,8-10,15H,5,7,11H2,1-4H3,(H,22,26)/t15-/m0/s1. The predicted octanol–water partition coefficient (Wildman–Crippen LogP) is 3.25. The van der Waals surface area contributed by atoms with Gasteiger partial charge >= 0.3 is 18.0 Å². The maximum absolute atomic E-state index is 13.2. The van der Waals surface area contributed by atoms with Crippen LogP contribution in [0.2, 0.25) is 0 Å². The number of esters is 2. The van der Waals surface area contributed by atoms with E-state index < -0.39 is 24.0 Å². The molecule has 0 saturated carbocycles. The molecular formula is C21H24N2O7S.